The zero-order chi connectivity index (χ0) is 21.4. The highest BCUT2D eigenvalue weighted by atomic mass is 16.3. The fourth-order valence-corrected chi connectivity index (χ4v) is 9.42. The minimum atomic E-state index is -0.439. The molecule has 172 valence electrons. The van der Waals surface area contributed by atoms with Crippen LogP contribution in [0.1, 0.15) is 78.1 Å². The van der Waals surface area contributed by atoms with Crippen LogP contribution in [-0.2, 0) is 4.79 Å². The van der Waals surface area contributed by atoms with E-state index in [1.54, 1.807) is 0 Å². The fraction of sp³-hybridized carbons (Fsp3) is 0.885. The van der Waals surface area contributed by atoms with Crippen molar-refractivity contribution in [3.8, 4) is 0 Å². The standard InChI is InChI=1S/C26H41N3O2/c1-25(31)9-7-18-17(14-25)5-6-20-19(18)8-10-26(2)22(13-21(24(20)26)16-3-4-16)23(30)15-29-12-11-27-28-29/h11-12,16-22,24,27-28,31H,3-10,13-15H2,1-2H3/t17-,18+,19-,20-,21+,22-,24-,25-,26-/m1/s1. The molecule has 0 bridgehead atoms. The number of carbonyl (C=O) groups is 1. The van der Waals surface area contributed by atoms with E-state index in [9.17, 15) is 9.90 Å². The SMILES string of the molecule is C[C@@]1(O)CC[C@H]2[C@H](CC[C@@H]3[C@@H]2CC[C@@]2(C)[C@H]3[C@H](C3CC3)C[C@@H]2C(=O)CN2C=CNN2)C1. The van der Waals surface area contributed by atoms with E-state index >= 15 is 0 Å². The van der Waals surface area contributed by atoms with Gasteiger partial charge in [-0.3, -0.25) is 9.80 Å². The first-order valence-electron chi connectivity index (χ1n) is 13.1. The number of rotatable bonds is 4. The summed E-state index contributed by atoms with van der Waals surface area (Å²) in [6.45, 7) is 5.04. The van der Waals surface area contributed by atoms with E-state index in [0.29, 0.717) is 12.3 Å². The van der Waals surface area contributed by atoms with Crippen LogP contribution in [0.4, 0.5) is 0 Å². The van der Waals surface area contributed by atoms with Crippen molar-refractivity contribution in [3.05, 3.63) is 12.4 Å². The van der Waals surface area contributed by atoms with Gasteiger partial charge in [-0.2, -0.15) is 0 Å². The highest BCUT2D eigenvalue weighted by molar-refractivity contribution is 5.84. The number of Topliss-reactive ketones (excluding diaryl/α,β-unsaturated/α-hetero) is 1. The first kappa shape index (κ1) is 20.5. The highest BCUT2D eigenvalue weighted by Gasteiger charge is 2.63. The van der Waals surface area contributed by atoms with Crippen molar-refractivity contribution in [3.63, 3.8) is 0 Å². The van der Waals surface area contributed by atoms with Crippen LogP contribution in [0, 0.1) is 52.8 Å². The van der Waals surface area contributed by atoms with E-state index in [-0.39, 0.29) is 11.3 Å². The molecule has 5 nitrogen and oxygen atoms in total. The molecule has 31 heavy (non-hydrogen) atoms. The average Bonchev–Trinajstić information content (AvgIpc) is 3.34. The molecule has 0 unspecified atom stereocenters. The van der Waals surface area contributed by atoms with Crippen molar-refractivity contribution in [2.24, 2.45) is 52.8 Å². The number of aliphatic hydroxyl groups is 1. The van der Waals surface area contributed by atoms with Gasteiger partial charge in [0.1, 0.15) is 0 Å². The molecule has 5 heteroatoms. The normalized spacial score (nSPS) is 51.1. The molecule has 5 fully saturated rings. The Morgan fingerprint density at radius 1 is 1.00 bits per heavy atom. The summed E-state index contributed by atoms with van der Waals surface area (Å²) >= 11 is 0. The first-order valence-corrected chi connectivity index (χ1v) is 13.1. The van der Waals surface area contributed by atoms with E-state index in [1.807, 2.05) is 17.4 Å². The zero-order valence-electron chi connectivity index (χ0n) is 19.4. The van der Waals surface area contributed by atoms with E-state index in [4.69, 9.17) is 0 Å². The average molecular weight is 428 g/mol. The van der Waals surface area contributed by atoms with Crippen LogP contribution in [0.3, 0.4) is 0 Å². The number of carbonyl (C=O) groups excluding carboxylic acids is 1. The number of hydrogen-bond donors (Lipinski definition) is 3. The maximum Gasteiger partial charge on any atom is 0.157 e. The third kappa shape index (κ3) is 3.37. The van der Waals surface area contributed by atoms with Crippen LogP contribution in [0.2, 0.25) is 0 Å². The molecule has 6 rings (SSSR count). The van der Waals surface area contributed by atoms with Gasteiger partial charge in [0.2, 0.25) is 0 Å². The Morgan fingerprint density at radius 3 is 2.52 bits per heavy atom. The van der Waals surface area contributed by atoms with Gasteiger partial charge in [-0.1, -0.05) is 6.92 Å². The van der Waals surface area contributed by atoms with Gasteiger partial charge in [0.25, 0.3) is 0 Å². The summed E-state index contributed by atoms with van der Waals surface area (Å²) in [5.41, 5.74) is 5.77. The molecule has 3 N–H and O–H groups in total. The fourth-order valence-electron chi connectivity index (χ4n) is 9.42. The number of nitrogens with one attached hydrogen (secondary N) is 2. The molecule has 0 spiro atoms. The molecule has 0 aromatic rings. The van der Waals surface area contributed by atoms with Gasteiger partial charge < -0.3 is 10.5 Å². The molecule has 0 saturated heterocycles. The Hall–Kier alpha value is -1.07. The molecule has 1 heterocycles. The van der Waals surface area contributed by atoms with E-state index < -0.39 is 5.60 Å². The lowest BCUT2D eigenvalue weighted by Crippen LogP contribution is -2.52. The summed E-state index contributed by atoms with van der Waals surface area (Å²) in [7, 11) is 0. The van der Waals surface area contributed by atoms with Crippen molar-refractivity contribution < 1.29 is 9.90 Å². The van der Waals surface area contributed by atoms with Crippen LogP contribution < -0.4 is 11.0 Å². The third-order valence-electron chi connectivity index (χ3n) is 10.8. The molecule has 0 amide bonds. The van der Waals surface area contributed by atoms with Crippen molar-refractivity contribution >= 4 is 5.78 Å². The largest absolute Gasteiger partial charge is 0.390 e. The monoisotopic (exact) mass is 427 g/mol. The van der Waals surface area contributed by atoms with Crippen LogP contribution in [0.25, 0.3) is 0 Å². The summed E-state index contributed by atoms with van der Waals surface area (Å²) in [5, 5.41) is 12.6. The second-order valence-electron chi connectivity index (χ2n) is 12.6. The van der Waals surface area contributed by atoms with Crippen molar-refractivity contribution in [2.75, 3.05) is 6.54 Å². The van der Waals surface area contributed by atoms with Crippen LogP contribution in [-0.4, -0.2) is 28.0 Å². The van der Waals surface area contributed by atoms with Gasteiger partial charge in [0.15, 0.2) is 5.78 Å². The maximum atomic E-state index is 13.5. The summed E-state index contributed by atoms with van der Waals surface area (Å²) < 4.78 is 0. The number of ketones is 1. The van der Waals surface area contributed by atoms with Crippen molar-refractivity contribution in [1.82, 2.24) is 16.0 Å². The van der Waals surface area contributed by atoms with Crippen LogP contribution in [0.15, 0.2) is 12.4 Å². The Bertz CT molecular complexity index is 762. The Morgan fingerprint density at radius 2 is 1.77 bits per heavy atom. The summed E-state index contributed by atoms with van der Waals surface area (Å²) in [6, 6.07) is 0. The first-order chi connectivity index (χ1) is 14.9. The minimum Gasteiger partial charge on any atom is -0.390 e. The summed E-state index contributed by atoms with van der Waals surface area (Å²) in [4.78, 5) is 13.5. The number of nitrogens with zero attached hydrogens (tertiary/aromatic N) is 1. The van der Waals surface area contributed by atoms with Gasteiger partial charge in [0, 0.05) is 18.3 Å². The van der Waals surface area contributed by atoms with Gasteiger partial charge in [-0.15, -0.1) is 5.53 Å². The Balaban J connectivity index is 1.25. The van der Waals surface area contributed by atoms with Crippen LogP contribution >= 0.6 is 0 Å². The molecule has 9 atom stereocenters. The van der Waals surface area contributed by atoms with Crippen molar-refractivity contribution in [1.29, 1.82) is 0 Å². The molecule has 0 radical (unpaired) electrons. The maximum absolute atomic E-state index is 13.5. The lowest BCUT2D eigenvalue weighted by molar-refractivity contribution is -0.134. The molecular weight excluding hydrogens is 386 g/mol. The number of hydrazine groups is 2. The number of fused-ring (bicyclic) bond motifs is 5. The zero-order valence-corrected chi connectivity index (χ0v) is 19.4. The molecule has 5 aliphatic carbocycles. The van der Waals surface area contributed by atoms with E-state index in [2.05, 4.69) is 24.8 Å². The van der Waals surface area contributed by atoms with Gasteiger partial charge in [-0.05, 0) is 118 Å². The Labute approximate surface area is 187 Å². The second-order valence-corrected chi connectivity index (χ2v) is 12.6. The van der Waals surface area contributed by atoms with Crippen molar-refractivity contribution in [2.45, 2.75) is 83.7 Å². The smallest absolute Gasteiger partial charge is 0.157 e. The van der Waals surface area contributed by atoms with Gasteiger partial charge in [0.05, 0.1) is 12.1 Å². The van der Waals surface area contributed by atoms with Crippen LogP contribution in [0.5, 0.6) is 0 Å². The van der Waals surface area contributed by atoms with E-state index in [0.717, 1.165) is 60.7 Å². The predicted molar refractivity (Wildman–Crippen MR) is 120 cm³/mol. The predicted octanol–water partition coefficient (Wildman–Crippen LogP) is 4.01. The van der Waals surface area contributed by atoms with E-state index in [1.165, 1.54) is 44.9 Å². The summed E-state index contributed by atoms with van der Waals surface area (Å²) in [5.74, 6) is 6.29. The van der Waals surface area contributed by atoms with Gasteiger partial charge >= 0.3 is 0 Å². The van der Waals surface area contributed by atoms with Gasteiger partial charge in [-0.25, -0.2) is 0 Å². The topological polar surface area (TPSA) is 64.6 Å². The molecule has 5 saturated carbocycles. The third-order valence-corrected chi connectivity index (χ3v) is 10.8. The molecule has 6 aliphatic rings. The second kappa shape index (κ2) is 7.21. The lowest BCUT2D eigenvalue weighted by atomic mass is 9.48. The minimum absolute atomic E-state index is 0.190. The Kier molecular flexibility index (Phi) is 4.78. The molecule has 1 aliphatic heterocycles. The quantitative estimate of drug-likeness (QED) is 0.633. The lowest BCUT2D eigenvalue weighted by Gasteiger charge is -2.57. The molecule has 0 aromatic carbocycles. The highest BCUT2D eigenvalue weighted by Crippen LogP contribution is 2.69. The summed E-state index contributed by atoms with van der Waals surface area (Å²) in [6.07, 6.45) is 16.1. The molecular formula is C26H41N3O2. The number of hydrogen-bond acceptors (Lipinski definition) is 5. The molecule has 0 aromatic heterocycles.